The van der Waals surface area contributed by atoms with Gasteiger partial charge < -0.3 is 14.8 Å². The van der Waals surface area contributed by atoms with Crippen molar-refractivity contribution in [3.8, 4) is 5.88 Å². The Morgan fingerprint density at radius 2 is 2.16 bits per heavy atom. The number of hydrogen-bond donors (Lipinski definition) is 1. The highest BCUT2D eigenvalue weighted by molar-refractivity contribution is 5.27. The van der Waals surface area contributed by atoms with Gasteiger partial charge in [-0.15, -0.1) is 0 Å². The van der Waals surface area contributed by atoms with Crippen LogP contribution in [-0.4, -0.2) is 30.3 Å². The fourth-order valence-corrected chi connectivity index (χ4v) is 2.04. The van der Waals surface area contributed by atoms with Crippen molar-refractivity contribution >= 4 is 0 Å². The van der Waals surface area contributed by atoms with E-state index < -0.39 is 0 Å². The monoisotopic (exact) mass is 262 g/mol. The summed E-state index contributed by atoms with van der Waals surface area (Å²) in [6, 6.07) is 4.96. The third-order valence-corrected chi connectivity index (χ3v) is 3.54. The molecule has 1 saturated heterocycles. The zero-order chi connectivity index (χ0) is 13.2. The highest BCUT2D eigenvalue weighted by Crippen LogP contribution is 2.23. The normalized spacial score (nSPS) is 19.5. The van der Waals surface area contributed by atoms with E-state index in [1.54, 1.807) is 0 Å². The van der Waals surface area contributed by atoms with Crippen LogP contribution in [0, 0.1) is 0 Å². The Balaban J connectivity index is 1.72. The number of rotatable bonds is 6. The van der Waals surface area contributed by atoms with Crippen LogP contribution in [0.4, 0.5) is 0 Å². The molecule has 1 aliphatic heterocycles. The molecule has 1 N–H and O–H groups in total. The summed E-state index contributed by atoms with van der Waals surface area (Å²) in [5.74, 6) is 1.16. The van der Waals surface area contributed by atoms with E-state index in [4.69, 9.17) is 9.47 Å². The van der Waals surface area contributed by atoms with Crippen LogP contribution >= 0.6 is 0 Å². The van der Waals surface area contributed by atoms with Gasteiger partial charge in [-0.1, -0.05) is 13.8 Å². The van der Waals surface area contributed by atoms with Crippen LogP contribution in [-0.2, 0) is 11.3 Å². The summed E-state index contributed by atoms with van der Waals surface area (Å²) in [5.41, 5.74) is 2.37. The second kappa shape index (κ2) is 5.47. The number of nitrogens with one attached hydrogen (secondary N) is 1. The van der Waals surface area contributed by atoms with Crippen molar-refractivity contribution in [2.75, 3.05) is 13.2 Å². The first-order valence-corrected chi connectivity index (χ1v) is 7.19. The zero-order valence-corrected chi connectivity index (χ0v) is 11.7. The summed E-state index contributed by atoms with van der Waals surface area (Å²) in [6.07, 6.45) is 2.80. The van der Waals surface area contributed by atoms with E-state index >= 15 is 0 Å². The average Bonchev–Trinajstić information content (AvgIpc) is 3.15. The first-order chi connectivity index (χ1) is 9.20. The first kappa shape index (κ1) is 12.9. The van der Waals surface area contributed by atoms with Crippen molar-refractivity contribution < 1.29 is 9.47 Å². The van der Waals surface area contributed by atoms with Crippen LogP contribution in [0.1, 0.15) is 43.9 Å². The summed E-state index contributed by atoms with van der Waals surface area (Å²) in [7, 11) is 0. The van der Waals surface area contributed by atoms with E-state index in [1.165, 1.54) is 18.4 Å². The maximum Gasteiger partial charge on any atom is 0.214 e. The number of ether oxygens (including phenoxy) is 2. The molecule has 2 aliphatic rings. The lowest BCUT2D eigenvalue weighted by molar-refractivity contribution is -0.0814. The molecule has 1 saturated carbocycles. The lowest BCUT2D eigenvalue weighted by Crippen LogP contribution is -2.38. The van der Waals surface area contributed by atoms with E-state index in [0.29, 0.717) is 19.1 Å². The fraction of sp³-hybridized carbons (Fsp3) is 0.667. The van der Waals surface area contributed by atoms with Gasteiger partial charge in [-0.2, -0.15) is 0 Å². The second-order valence-corrected chi connectivity index (χ2v) is 5.83. The minimum atomic E-state index is 0.180. The highest BCUT2D eigenvalue weighted by atomic mass is 16.6. The summed E-state index contributed by atoms with van der Waals surface area (Å²) in [6.45, 7) is 6.60. The Morgan fingerprint density at radius 1 is 1.37 bits per heavy atom. The van der Waals surface area contributed by atoms with Gasteiger partial charge in [-0.3, -0.25) is 0 Å². The van der Waals surface area contributed by atoms with Gasteiger partial charge >= 0.3 is 0 Å². The van der Waals surface area contributed by atoms with E-state index in [-0.39, 0.29) is 6.10 Å². The van der Waals surface area contributed by atoms with Gasteiger partial charge in [-0.25, -0.2) is 4.98 Å². The molecule has 3 rings (SSSR count). The molecular weight excluding hydrogens is 240 g/mol. The highest BCUT2D eigenvalue weighted by Gasteiger charge is 2.22. The first-order valence-electron chi connectivity index (χ1n) is 7.19. The third kappa shape index (κ3) is 3.45. The molecule has 0 atom stereocenters. The van der Waals surface area contributed by atoms with Crippen molar-refractivity contribution in [3.05, 3.63) is 23.4 Å². The Hall–Kier alpha value is -1.13. The SMILES string of the molecule is CC(C)c1cc(CNC2CC2)cc(OC2COC2)n1. The Bertz CT molecular complexity index is 440. The lowest BCUT2D eigenvalue weighted by atomic mass is 10.1. The van der Waals surface area contributed by atoms with E-state index in [9.17, 15) is 0 Å². The molecule has 4 heteroatoms. The van der Waals surface area contributed by atoms with Crippen LogP contribution in [0.3, 0.4) is 0 Å². The molecule has 19 heavy (non-hydrogen) atoms. The van der Waals surface area contributed by atoms with Crippen molar-refractivity contribution in [1.29, 1.82) is 0 Å². The van der Waals surface area contributed by atoms with Gasteiger partial charge in [0, 0.05) is 24.3 Å². The van der Waals surface area contributed by atoms with Crippen LogP contribution in [0.5, 0.6) is 5.88 Å². The van der Waals surface area contributed by atoms with Crippen molar-refractivity contribution in [2.45, 2.75) is 51.3 Å². The molecule has 0 radical (unpaired) electrons. The quantitative estimate of drug-likeness (QED) is 0.854. The van der Waals surface area contributed by atoms with Gasteiger partial charge in [0.05, 0.1) is 13.2 Å². The van der Waals surface area contributed by atoms with Crippen LogP contribution in [0.25, 0.3) is 0 Å². The Morgan fingerprint density at radius 3 is 2.74 bits per heavy atom. The summed E-state index contributed by atoms with van der Waals surface area (Å²) in [5, 5.41) is 3.54. The van der Waals surface area contributed by atoms with Gasteiger partial charge in [0.25, 0.3) is 0 Å². The molecule has 1 aromatic rings. The number of hydrogen-bond acceptors (Lipinski definition) is 4. The van der Waals surface area contributed by atoms with E-state index in [2.05, 4.69) is 36.3 Å². The van der Waals surface area contributed by atoms with Crippen LogP contribution in [0.15, 0.2) is 12.1 Å². The maximum absolute atomic E-state index is 5.84. The topological polar surface area (TPSA) is 43.4 Å². The van der Waals surface area contributed by atoms with Crippen molar-refractivity contribution in [1.82, 2.24) is 10.3 Å². The Kier molecular flexibility index (Phi) is 3.71. The largest absolute Gasteiger partial charge is 0.469 e. The molecule has 0 bridgehead atoms. The van der Waals surface area contributed by atoms with Gasteiger partial charge in [-0.05, 0) is 30.4 Å². The fourth-order valence-electron chi connectivity index (χ4n) is 2.04. The second-order valence-electron chi connectivity index (χ2n) is 5.83. The zero-order valence-electron chi connectivity index (χ0n) is 11.7. The molecule has 0 amide bonds. The average molecular weight is 262 g/mol. The molecule has 0 spiro atoms. The number of aromatic nitrogens is 1. The predicted octanol–water partition coefficient (Wildman–Crippen LogP) is 2.23. The lowest BCUT2D eigenvalue weighted by Gasteiger charge is -2.26. The van der Waals surface area contributed by atoms with Crippen molar-refractivity contribution in [3.63, 3.8) is 0 Å². The minimum Gasteiger partial charge on any atom is -0.469 e. The number of nitrogens with zero attached hydrogens (tertiary/aromatic N) is 1. The van der Waals surface area contributed by atoms with Crippen molar-refractivity contribution in [2.24, 2.45) is 0 Å². The summed E-state index contributed by atoms with van der Waals surface area (Å²) >= 11 is 0. The molecular formula is C15H22N2O2. The molecule has 104 valence electrons. The third-order valence-electron chi connectivity index (χ3n) is 3.54. The van der Waals surface area contributed by atoms with Gasteiger partial charge in [0.2, 0.25) is 5.88 Å². The van der Waals surface area contributed by atoms with E-state index in [1.807, 2.05) is 0 Å². The Labute approximate surface area is 114 Å². The summed E-state index contributed by atoms with van der Waals surface area (Å²) in [4.78, 5) is 4.59. The number of pyridine rings is 1. The summed E-state index contributed by atoms with van der Waals surface area (Å²) < 4.78 is 11.0. The van der Waals surface area contributed by atoms with Gasteiger partial charge in [0.1, 0.15) is 6.10 Å². The molecule has 0 aromatic carbocycles. The smallest absolute Gasteiger partial charge is 0.214 e. The van der Waals surface area contributed by atoms with E-state index in [0.717, 1.165) is 24.2 Å². The molecule has 1 aliphatic carbocycles. The van der Waals surface area contributed by atoms with Crippen LogP contribution in [0.2, 0.25) is 0 Å². The molecule has 2 fully saturated rings. The minimum absolute atomic E-state index is 0.180. The van der Waals surface area contributed by atoms with Gasteiger partial charge in [0.15, 0.2) is 0 Å². The molecule has 0 unspecified atom stereocenters. The molecule has 4 nitrogen and oxygen atoms in total. The maximum atomic E-state index is 5.84. The van der Waals surface area contributed by atoms with Crippen LogP contribution < -0.4 is 10.1 Å². The predicted molar refractivity (Wildman–Crippen MR) is 73.4 cm³/mol. The standard InChI is InChI=1S/C15H22N2O2/c1-10(2)14-5-11(7-16-12-3-4-12)6-15(17-14)19-13-8-18-9-13/h5-6,10,12-13,16H,3-4,7-9H2,1-2H3. The molecule has 1 aromatic heterocycles. The molecule has 2 heterocycles.